The number of benzene rings is 1. The third-order valence-electron chi connectivity index (χ3n) is 3.33. The summed E-state index contributed by atoms with van der Waals surface area (Å²) in [7, 11) is 0. The maximum atomic E-state index is 12.0. The topological polar surface area (TPSA) is 82.4 Å². The van der Waals surface area contributed by atoms with Crippen LogP contribution >= 0.6 is 0 Å². The van der Waals surface area contributed by atoms with E-state index in [1.807, 2.05) is 13.8 Å². The number of aromatic amines is 1. The molecule has 0 aliphatic rings. The predicted molar refractivity (Wildman–Crippen MR) is 77.4 cm³/mol. The quantitative estimate of drug-likeness (QED) is 0.611. The number of nitrogens with zero attached hydrogens (tertiary/aromatic N) is 2. The van der Waals surface area contributed by atoms with Crippen molar-refractivity contribution in [1.29, 1.82) is 0 Å². The molecule has 0 amide bonds. The fraction of sp³-hybridized carbons (Fsp3) is 0.143. The van der Waals surface area contributed by atoms with Crippen LogP contribution in [0.4, 0.5) is 11.4 Å². The molecule has 20 heavy (non-hydrogen) atoms. The highest BCUT2D eigenvalue weighted by molar-refractivity contribution is 5.78. The molecule has 0 atom stereocenters. The van der Waals surface area contributed by atoms with Gasteiger partial charge in [0.05, 0.1) is 5.69 Å². The summed E-state index contributed by atoms with van der Waals surface area (Å²) in [5.74, 6) is 0.188. The van der Waals surface area contributed by atoms with Gasteiger partial charge in [-0.3, -0.25) is 4.79 Å². The minimum atomic E-state index is -0.259. The highest BCUT2D eigenvalue weighted by Crippen LogP contribution is 2.23. The molecule has 1 aromatic carbocycles. The largest absolute Gasteiger partial charge is 0.508 e. The zero-order valence-corrected chi connectivity index (χ0v) is 11.2. The zero-order chi connectivity index (χ0) is 14.4. The first-order valence-electron chi connectivity index (χ1n) is 6.14. The van der Waals surface area contributed by atoms with E-state index in [9.17, 15) is 9.90 Å². The number of phenolic OH excluding ortho intramolecular Hbond substituents is 1. The van der Waals surface area contributed by atoms with Gasteiger partial charge in [0.25, 0.3) is 5.56 Å². The lowest BCUT2D eigenvalue weighted by atomic mass is 10.2. The monoisotopic (exact) mass is 270 g/mol. The lowest BCUT2D eigenvalue weighted by molar-refractivity contribution is 0.475. The molecule has 0 saturated heterocycles. The Kier molecular flexibility index (Phi) is 2.53. The van der Waals surface area contributed by atoms with Crippen molar-refractivity contribution < 1.29 is 5.11 Å². The summed E-state index contributed by atoms with van der Waals surface area (Å²) in [6.07, 6.45) is 0. The summed E-state index contributed by atoms with van der Waals surface area (Å²) < 4.78 is 1.43. The van der Waals surface area contributed by atoms with Gasteiger partial charge >= 0.3 is 0 Å². The highest BCUT2D eigenvalue weighted by Gasteiger charge is 2.14. The fourth-order valence-electron chi connectivity index (χ4n) is 2.20. The van der Waals surface area contributed by atoms with Crippen LogP contribution < -0.4 is 16.1 Å². The smallest absolute Gasteiger partial charge is 0.290 e. The molecule has 6 nitrogen and oxygen atoms in total. The number of aryl methyl sites for hydroxylation is 2. The Balaban J connectivity index is 2.17. The Morgan fingerprint density at radius 3 is 2.85 bits per heavy atom. The minimum absolute atomic E-state index is 0.188. The van der Waals surface area contributed by atoms with E-state index in [1.54, 1.807) is 18.2 Å². The molecule has 0 radical (unpaired) electrons. The van der Waals surface area contributed by atoms with E-state index >= 15 is 0 Å². The predicted octanol–water partition coefficient (Wildman–Crippen LogP) is 1.22. The van der Waals surface area contributed by atoms with E-state index in [-0.39, 0.29) is 11.3 Å². The van der Waals surface area contributed by atoms with Crippen LogP contribution in [0.1, 0.15) is 11.3 Å². The molecule has 0 bridgehead atoms. The number of aromatic nitrogens is 3. The van der Waals surface area contributed by atoms with Gasteiger partial charge in [0.2, 0.25) is 0 Å². The average molecular weight is 270 g/mol. The van der Waals surface area contributed by atoms with Gasteiger partial charge in [0.1, 0.15) is 17.0 Å². The van der Waals surface area contributed by atoms with E-state index in [2.05, 4.69) is 22.1 Å². The van der Waals surface area contributed by atoms with E-state index in [0.717, 1.165) is 16.9 Å². The Morgan fingerprint density at radius 2 is 2.15 bits per heavy atom. The number of anilines is 2. The summed E-state index contributed by atoms with van der Waals surface area (Å²) in [5.41, 5.74) is 3.14. The summed E-state index contributed by atoms with van der Waals surface area (Å²) >= 11 is 0. The van der Waals surface area contributed by atoms with E-state index in [1.165, 1.54) is 4.63 Å². The Morgan fingerprint density at radius 1 is 1.40 bits per heavy atom. The van der Waals surface area contributed by atoms with E-state index in [0.29, 0.717) is 16.4 Å². The molecule has 0 fully saturated rings. The molecule has 0 saturated carbocycles. The molecule has 0 aliphatic carbocycles. The fourth-order valence-corrected chi connectivity index (χ4v) is 2.20. The van der Waals surface area contributed by atoms with Crippen LogP contribution in [0.25, 0.3) is 12.1 Å². The minimum Gasteiger partial charge on any atom is -0.508 e. The average Bonchev–Trinajstić information content (AvgIpc) is 2.81. The van der Waals surface area contributed by atoms with Crippen molar-refractivity contribution in [1.82, 2.24) is 14.8 Å². The lowest BCUT2D eigenvalue weighted by Crippen LogP contribution is -2.09. The van der Waals surface area contributed by atoms with Crippen molar-refractivity contribution in [3.8, 4) is 5.75 Å². The van der Waals surface area contributed by atoms with Crippen molar-refractivity contribution >= 4 is 23.5 Å². The first-order valence-corrected chi connectivity index (χ1v) is 6.14. The van der Waals surface area contributed by atoms with Crippen molar-refractivity contribution in [2.24, 2.45) is 0 Å². The number of fused-ring (bicyclic) bond motifs is 1. The SMILES string of the molecule is C=c1c(C)nn2[nH]c(=O)c(Nc3ccc(O)cc3C)c12. The van der Waals surface area contributed by atoms with Crippen LogP contribution in [-0.4, -0.2) is 19.9 Å². The standard InChI is InChI=1S/C14H14N4O2/c1-7-6-10(19)4-5-11(7)15-12-13-8(2)9(3)16-18(13)17-14(12)20/h4-6,15,19H,2H2,1,3H3,(H,17,20). The molecule has 0 aliphatic heterocycles. The second-order valence-electron chi connectivity index (χ2n) is 4.76. The van der Waals surface area contributed by atoms with Gasteiger partial charge in [-0.1, -0.05) is 6.58 Å². The summed E-state index contributed by atoms with van der Waals surface area (Å²) in [6, 6.07) is 4.92. The molecule has 0 spiro atoms. The Hall–Kier alpha value is -2.76. The van der Waals surface area contributed by atoms with E-state index < -0.39 is 0 Å². The molecule has 3 N–H and O–H groups in total. The number of nitrogens with one attached hydrogen (secondary N) is 2. The van der Waals surface area contributed by atoms with Gasteiger partial charge in [0.15, 0.2) is 0 Å². The van der Waals surface area contributed by atoms with Gasteiger partial charge in [0, 0.05) is 10.9 Å². The third-order valence-corrected chi connectivity index (χ3v) is 3.33. The number of rotatable bonds is 2. The lowest BCUT2D eigenvalue weighted by Gasteiger charge is -2.07. The molecule has 0 unspecified atom stereocenters. The molecule has 3 rings (SSSR count). The number of hydrogen-bond acceptors (Lipinski definition) is 4. The number of phenols is 1. The Labute approximate surface area is 114 Å². The van der Waals surface area contributed by atoms with Crippen LogP contribution in [-0.2, 0) is 0 Å². The Bertz CT molecular complexity index is 908. The second-order valence-corrected chi connectivity index (χ2v) is 4.76. The second kappa shape index (κ2) is 4.12. The molecule has 2 aromatic heterocycles. The first-order chi connectivity index (χ1) is 9.47. The van der Waals surface area contributed by atoms with Gasteiger partial charge in [-0.15, -0.1) is 0 Å². The molecular formula is C14H14N4O2. The van der Waals surface area contributed by atoms with Crippen molar-refractivity contribution in [3.63, 3.8) is 0 Å². The van der Waals surface area contributed by atoms with Crippen LogP contribution in [0.5, 0.6) is 5.75 Å². The first kappa shape index (κ1) is 12.3. The number of hydrogen-bond donors (Lipinski definition) is 3. The van der Waals surface area contributed by atoms with Crippen molar-refractivity contribution in [3.05, 3.63) is 45.0 Å². The highest BCUT2D eigenvalue weighted by atomic mass is 16.3. The van der Waals surface area contributed by atoms with Gasteiger partial charge in [-0.05, 0) is 37.6 Å². The maximum absolute atomic E-state index is 12.0. The molecule has 6 heteroatoms. The molecular weight excluding hydrogens is 256 g/mol. The van der Waals surface area contributed by atoms with Gasteiger partial charge < -0.3 is 10.4 Å². The zero-order valence-electron chi connectivity index (χ0n) is 11.2. The normalized spacial score (nSPS) is 11.1. The number of H-pyrrole nitrogens is 1. The van der Waals surface area contributed by atoms with Crippen molar-refractivity contribution in [2.45, 2.75) is 13.8 Å². The molecule has 3 aromatic rings. The van der Waals surface area contributed by atoms with Crippen molar-refractivity contribution in [2.75, 3.05) is 5.32 Å². The van der Waals surface area contributed by atoms with Crippen LogP contribution in [0.3, 0.4) is 0 Å². The van der Waals surface area contributed by atoms with Crippen LogP contribution in [0.2, 0.25) is 0 Å². The summed E-state index contributed by atoms with van der Waals surface area (Å²) in [5, 5.41) is 20.0. The third kappa shape index (κ3) is 1.73. The molecule has 2 heterocycles. The summed E-state index contributed by atoms with van der Waals surface area (Å²) in [4.78, 5) is 12.0. The summed E-state index contributed by atoms with van der Waals surface area (Å²) in [6.45, 7) is 7.63. The van der Waals surface area contributed by atoms with Crippen LogP contribution in [0.15, 0.2) is 23.0 Å². The van der Waals surface area contributed by atoms with Gasteiger partial charge in [-0.2, -0.15) is 9.73 Å². The maximum Gasteiger partial charge on any atom is 0.290 e. The van der Waals surface area contributed by atoms with Crippen LogP contribution in [0, 0.1) is 13.8 Å². The van der Waals surface area contributed by atoms with Gasteiger partial charge in [-0.25, -0.2) is 5.10 Å². The number of aromatic hydroxyl groups is 1. The van der Waals surface area contributed by atoms with E-state index in [4.69, 9.17) is 0 Å². The molecule has 102 valence electrons.